The molecule has 0 amide bonds. The number of fused-ring (bicyclic) bond motifs is 2. The molecule has 2 fully saturated rings. The Hall–Kier alpha value is -4.16. The lowest BCUT2D eigenvalue weighted by Crippen LogP contribution is -2.32. The zero-order chi connectivity index (χ0) is 32.4. The molecule has 1 saturated heterocycles. The maximum atomic E-state index is 13.7. The minimum absolute atomic E-state index is 0.0657. The van der Waals surface area contributed by atoms with Crippen LogP contribution in [0.1, 0.15) is 38.7 Å². The average molecular weight is 650 g/mol. The molecule has 12 heteroatoms. The molecule has 1 saturated carbocycles. The number of hydrogen-bond donors (Lipinski definition) is 1. The number of nitrogens with zero attached hydrogens (tertiary/aromatic N) is 4. The van der Waals surface area contributed by atoms with Crippen LogP contribution in [0.4, 0.5) is 10.4 Å². The van der Waals surface area contributed by atoms with E-state index in [0.29, 0.717) is 42.3 Å². The molecule has 244 valence electrons. The molecule has 0 radical (unpaired) electrons. The van der Waals surface area contributed by atoms with Crippen LogP contribution in [0.2, 0.25) is 0 Å². The van der Waals surface area contributed by atoms with E-state index in [0.717, 1.165) is 60.5 Å². The number of hydrogen-bond acceptors (Lipinski definition) is 8. The highest BCUT2D eigenvalue weighted by atomic mass is 32.2. The maximum Gasteiger partial charge on any atom is 0.295 e. The Labute approximate surface area is 269 Å². The van der Waals surface area contributed by atoms with Gasteiger partial charge in [0.25, 0.3) is 16.0 Å². The summed E-state index contributed by atoms with van der Waals surface area (Å²) in [5.41, 5.74) is 3.77. The topological polar surface area (TPSA) is 110 Å². The van der Waals surface area contributed by atoms with Crippen molar-refractivity contribution in [2.24, 2.45) is 10.3 Å². The zero-order valence-electron chi connectivity index (χ0n) is 26.6. The summed E-state index contributed by atoms with van der Waals surface area (Å²) in [4.78, 5) is 8.73. The van der Waals surface area contributed by atoms with Crippen LogP contribution in [0.15, 0.2) is 68.3 Å². The Morgan fingerprint density at radius 2 is 1.76 bits per heavy atom. The van der Waals surface area contributed by atoms with Gasteiger partial charge in [0, 0.05) is 32.7 Å². The van der Waals surface area contributed by atoms with Gasteiger partial charge in [0.15, 0.2) is 5.58 Å². The van der Waals surface area contributed by atoms with Gasteiger partial charge >= 0.3 is 0 Å². The van der Waals surface area contributed by atoms with Gasteiger partial charge in [0.1, 0.15) is 29.2 Å². The van der Waals surface area contributed by atoms with Gasteiger partial charge in [-0.1, -0.05) is 12.1 Å². The number of anilines is 1. The fourth-order valence-corrected chi connectivity index (χ4v) is 7.60. The minimum Gasteiger partial charge on any atom is -0.493 e. The first kappa shape index (κ1) is 31.8. The van der Waals surface area contributed by atoms with Crippen LogP contribution in [0.25, 0.3) is 22.2 Å². The molecule has 3 aromatic carbocycles. The summed E-state index contributed by atoms with van der Waals surface area (Å²) < 4.78 is 60.8. The fraction of sp³-hybridized carbons (Fsp3) is 0.412. The number of sulfonamides is 1. The van der Waals surface area contributed by atoms with Gasteiger partial charge in [-0.05, 0) is 99.2 Å². The Morgan fingerprint density at radius 3 is 2.43 bits per heavy atom. The van der Waals surface area contributed by atoms with Crippen LogP contribution in [0.5, 0.6) is 11.5 Å². The number of ether oxygens (including phenoxy) is 2. The highest BCUT2D eigenvalue weighted by molar-refractivity contribution is 7.90. The molecule has 3 atom stereocenters. The number of rotatable bonds is 12. The van der Waals surface area contributed by atoms with Crippen molar-refractivity contribution < 1.29 is 26.7 Å². The third-order valence-electron chi connectivity index (χ3n) is 8.63. The van der Waals surface area contributed by atoms with Crippen LogP contribution in [-0.4, -0.2) is 75.5 Å². The molecule has 46 heavy (non-hydrogen) atoms. The highest BCUT2D eigenvalue weighted by Crippen LogP contribution is 2.43. The van der Waals surface area contributed by atoms with Crippen molar-refractivity contribution in [3.8, 4) is 22.6 Å². The van der Waals surface area contributed by atoms with Gasteiger partial charge in [-0.15, -0.1) is 4.40 Å². The van der Waals surface area contributed by atoms with E-state index in [1.807, 2.05) is 13.8 Å². The quantitative estimate of drug-likeness (QED) is 0.142. The van der Waals surface area contributed by atoms with Crippen molar-refractivity contribution in [2.75, 3.05) is 39.2 Å². The number of nitrogens with one attached hydrogen (secondary N) is 1. The van der Waals surface area contributed by atoms with Gasteiger partial charge in [-0.3, -0.25) is 4.90 Å². The van der Waals surface area contributed by atoms with Crippen molar-refractivity contribution in [1.29, 1.82) is 0 Å². The molecule has 1 aromatic heterocycles. The third-order valence-corrected chi connectivity index (χ3v) is 9.85. The van der Waals surface area contributed by atoms with Gasteiger partial charge in [0.05, 0.1) is 23.7 Å². The lowest BCUT2D eigenvalue weighted by atomic mass is 9.99. The smallest absolute Gasteiger partial charge is 0.295 e. The molecule has 1 unspecified atom stereocenters. The van der Waals surface area contributed by atoms with E-state index in [4.69, 9.17) is 13.9 Å². The molecule has 2 aliphatic rings. The molecule has 6 rings (SSSR count). The standard InChI is InChI=1S/C34H40FN5O5S/c1-5-43-31-17-22(18-32(44-6-2)33(31)23-7-9-24(35)10-8-23)20-40-16-15-26-27(12-13-29(26)40)37-34-38-28-19-25(11-14-30(28)45-34)46(41,42)36-21-39(3)4/h7-11,14,17-19,21,26-27,29H,5-6,12-13,15-16,20H2,1-4H3,(H,37,38)/b36-21+/t26-,27?,29+/m0/s1. The van der Waals surface area contributed by atoms with Gasteiger partial charge < -0.3 is 24.1 Å². The molecule has 0 bridgehead atoms. The predicted octanol–water partition coefficient (Wildman–Crippen LogP) is 6.17. The van der Waals surface area contributed by atoms with E-state index in [9.17, 15) is 12.8 Å². The Balaban J connectivity index is 1.17. The van der Waals surface area contributed by atoms with E-state index >= 15 is 0 Å². The monoisotopic (exact) mass is 649 g/mol. The average Bonchev–Trinajstić information content (AvgIpc) is 3.73. The van der Waals surface area contributed by atoms with Crippen LogP contribution in [0.3, 0.4) is 0 Å². The summed E-state index contributed by atoms with van der Waals surface area (Å²) in [6.07, 6.45) is 4.31. The second-order valence-corrected chi connectivity index (χ2v) is 13.6. The zero-order valence-corrected chi connectivity index (χ0v) is 27.4. The first-order chi connectivity index (χ1) is 22.1. The summed E-state index contributed by atoms with van der Waals surface area (Å²) in [5.74, 6) is 1.59. The Kier molecular flexibility index (Phi) is 9.19. The third kappa shape index (κ3) is 6.68. The summed E-state index contributed by atoms with van der Waals surface area (Å²) in [5, 5.41) is 3.51. The van der Waals surface area contributed by atoms with Crippen LogP contribution >= 0.6 is 0 Å². The molecule has 10 nitrogen and oxygen atoms in total. The van der Waals surface area contributed by atoms with E-state index in [1.165, 1.54) is 30.6 Å². The van der Waals surface area contributed by atoms with Gasteiger partial charge in [0.2, 0.25) is 0 Å². The molecule has 0 spiro atoms. The van der Waals surface area contributed by atoms with Crippen molar-refractivity contribution in [3.63, 3.8) is 0 Å². The first-order valence-electron chi connectivity index (χ1n) is 15.7. The lowest BCUT2D eigenvalue weighted by molar-refractivity contribution is 0.231. The van der Waals surface area contributed by atoms with Gasteiger partial charge in [-0.2, -0.15) is 13.4 Å². The summed E-state index contributed by atoms with van der Waals surface area (Å²) in [6.45, 7) is 6.63. The van der Waals surface area contributed by atoms with Crippen molar-refractivity contribution >= 4 is 33.5 Å². The molecular weight excluding hydrogens is 609 g/mol. The van der Waals surface area contributed by atoms with E-state index in [-0.39, 0.29) is 16.8 Å². The number of halogens is 1. The second-order valence-electron chi connectivity index (χ2n) is 12.0. The summed E-state index contributed by atoms with van der Waals surface area (Å²) in [7, 11) is -0.427. The van der Waals surface area contributed by atoms with Gasteiger partial charge in [-0.25, -0.2) is 4.39 Å². The highest BCUT2D eigenvalue weighted by Gasteiger charge is 2.44. The number of benzene rings is 3. The lowest BCUT2D eigenvalue weighted by Gasteiger charge is -2.25. The van der Waals surface area contributed by atoms with E-state index in [2.05, 4.69) is 31.7 Å². The Bertz CT molecular complexity index is 1800. The SMILES string of the molecule is CCOc1cc(CN2CC[C@H]3C(Nc4nc5cc(S(=O)(=O)/N=C/N(C)C)ccc5o4)CC[C@H]32)cc(OCC)c1-c1ccc(F)cc1. The van der Waals surface area contributed by atoms with Crippen molar-refractivity contribution in [3.05, 3.63) is 66.0 Å². The minimum atomic E-state index is -3.84. The second kappa shape index (κ2) is 13.3. The summed E-state index contributed by atoms with van der Waals surface area (Å²) in [6, 6.07) is 16.2. The van der Waals surface area contributed by atoms with E-state index < -0.39 is 10.0 Å². The number of oxazole rings is 1. The van der Waals surface area contributed by atoms with Crippen molar-refractivity contribution in [1.82, 2.24) is 14.8 Å². The molecule has 1 aliphatic heterocycles. The predicted molar refractivity (Wildman–Crippen MR) is 176 cm³/mol. The maximum absolute atomic E-state index is 13.7. The molecular formula is C34H40FN5O5S. The first-order valence-corrected chi connectivity index (χ1v) is 17.2. The molecule has 1 aliphatic carbocycles. The number of aromatic nitrogens is 1. The largest absolute Gasteiger partial charge is 0.493 e. The fourth-order valence-electron chi connectivity index (χ4n) is 6.66. The normalized spacial score (nSPS) is 20.0. The van der Waals surface area contributed by atoms with Crippen LogP contribution in [0, 0.1) is 11.7 Å². The summed E-state index contributed by atoms with van der Waals surface area (Å²) >= 11 is 0. The molecule has 4 aromatic rings. The van der Waals surface area contributed by atoms with E-state index in [1.54, 1.807) is 37.2 Å². The van der Waals surface area contributed by atoms with Crippen molar-refractivity contribution in [2.45, 2.75) is 56.6 Å². The van der Waals surface area contributed by atoms with Crippen LogP contribution < -0.4 is 14.8 Å². The molecule has 2 heterocycles. The number of likely N-dealkylation sites (tertiary alicyclic amines) is 1. The van der Waals surface area contributed by atoms with Crippen LogP contribution in [-0.2, 0) is 16.6 Å². The molecule has 1 N–H and O–H groups in total. The Morgan fingerprint density at radius 1 is 1.04 bits per heavy atom.